The first-order valence-corrected chi connectivity index (χ1v) is 15.9. The molecule has 2 aromatic rings. The average molecular weight is 727 g/mol. The zero-order valence-electron chi connectivity index (χ0n) is 29.2. The molecule has 2 heterocycles. The van der Waals surface area contributed by atoms with Crippen molar-refractivity contribution in [1.29, 1.82) is 0 Å². The number of esters is 2. The number of allylic oxidation sites excluding steroid dienone is 1. The summed E-state index contributed by atoms with van der Waals surface area (Å²) in [5, 5.41) is 24.1. The van der Waals surface area contributed by atoms with Crippen molar-refractivity contribution in [1.82, 2.24) is 9.80 Å². The Labute approximate surface area is 297 Å². The van der Waals surface area contributed by atoms with Gasteiger partial charge in [-0.25, -0.2) is 9.59 Å². The van der Waals surface area contributed by atoms with Gasteiger partial charge in [0.25, 0.3) is 23.2 Å². The van der Waals surface area contributed by atoms with E-state index in [2.05, 4.69) is 6.58 Å². The van der Waals surface area contributed by atoms with E-state index in [4.69, 9.17) is 28.4 Å². The van der Waals surface area contributed by atoms with Crippen molar-refractivity contribution in [2.75, 3.05) is 54.7 Å². The lowest BCUT2D eigenvalue weighted by Crippen LogP contribution is -2.41. The van der Waals surface area contributed by atoms with E-state index in [0.29, 0.717) is 5.57 Å². The van der Waals surface area contributed by atoms with Crippen molar-refractivity contribution in [2.24, 2.45) is 0 Å². The van der Waals surface area contributed by atoms with Crippen LogP contribution in [0, 0.1) is 20.2 Å². The summed E-state index contributed by atoms with van der Waals surface area (Å²) in [6.45, 7) is 5.54. The van der Waals surface area contributed by atoms with Crippen LogP contribution >= 0.6 is 0 Å². The first-order valence-electron chi connectivity index (χ1n) is 15.9. The van der Waals surface area contributed by atoms with Crippen molar-refractivity contribution in [3.8, 4) is 23.0 Å². The van der Waals surface area contributed by atoms with Crippen molar-refractivity contribution in [2.45, 2.75) is 38.3 Å². The zero-order chi connectivity index (χ0) is 38.3. The maximum absolute atomic E-state index is 13.6. The van der Waals surface area contributed by atoms with Crippen molar-refractivity contribution >= 4 is 35.1 Å². The first kappa shape index (κ1) is 38.6. The Bertz CT molecular complexity index is 1820. The smallest absolute Gasteiger partial charge is 0.328 e. The van der Waals surface area contributed by atoms with E-state index in [1.165, 1.54) is 39.4 Å². The number of likely N-dealkylation sites (tertiary alicyclic amines) is 2. The number of carbonyl (C=O) groups is 4. The fourth-order valence-electron chi connectivity index (χ4n) is 5.90. The third-order valence-electron chi connectivity index (χ3n) is 8.56. The molecule has 2 saturated heterocycles. The molecule has 18 heteroatoms. The molecule has 278 valence electrons. The molecule has 0 saturated carbocycles. The SMILES string of the molecule is C=C1C[C@@H](C(=O)OC)N(C(=O)c2cc(OC)c(OCCCOc3cc([N+](=O)[O-])c(C(=O)N4C/C(=C\C)C[C@H]4C(=O)OC)cc3OC)cc2[N+](=O)[O-])C1. The molecule has 0 spiro atoms. The third kappa shape index (κ3) is 8.06. The highest BCUT2D eigenvalue weighted by atomic mass is 16.6. The fraction of sp³-hybridized carbons (Fsp3) is 0.412. The van der Waals surface area contributed by atoms with Gasteiger partial charge in [-0.1, -0.05) is 23.8 Å². The van der Waals surface area contributed by atoms with Crippen LogP contribution in [0.4, 0.5) is 11.4 Å². The standard InChI is InChI=1S/C34H38N4O14/c1-7-20-12-26(34(42)50-6)36(18-20)32(40)22-14-28(48-4)30(16-24(22)38(45)46)52-10-8-9-51-29-15-23(37(43)44)21(13-27(29)47-3)31(39)35-17-19(2)11-25(35)33(41)49-5/h7,13-16,25-26H,2,8-12,17-18H2,1,3-6H3/b20-7-/t25-,26-/m0/s1. The van der Waals surface area contributed by atoms with Gasteiger partial charge in [-0.3, -0.25) is 29.8 Å². The lowest BCUT2D eigenvalue weighted by Gasteiger charge is -2.23. The number of nitro benzene ring substituents is 2. The summed E-state index contributed by atoms with van der Waals surface area (Å²) in [5.41, 5.74) is -0.425. The Morgan fingerprint density at radius 3 is 1.60 bits per heavy atom. The highest BCUT2D eigenvalue weighted by Crippen LogP contribution is 2.39. The lowest BCUT2D eigenvalue weighted by atomic mass is 10.1. The summed E-state index contributed by atoms with van der Waals surface area (Å²) in [6, 6.07) is 2.48. The van der Waals surface area contributed by atoms with Crippen molar-refractivity contribution in [3.63, 3.8) is 0 Å². The molecule has 2 aromatic carbocycles. The topological polar surface area (TPSA) is 216 Å². The van der Waals surface area contributed by atoms with Gasteiger partial charge in [-0.05, 0) is 6.92 Å². The van der Waals surface area contributed by atoms with Gasteiger partial charge in [-0.15, -0.1) is 0 Å². The molecule has 2 atom stereocenters. The van der Waals surface area contributed by atoms with E-state index >= 15 is 0 Å². The quantitative estimate of drug-likeness (QED) is 0.0893. The molecule has 0 aliphatic carbocycles. The molecular formula is C34H38N4O14. The van der Waals surface area contributed by atoms with Gasteiger partial charge < -0.3 is 38.2 Å². The van der Waals surface area contributed by atoms with Crippen LogP contribution in [-0.2, 0) is 19.1 Å². The molecule has 4 rings (SSSR count). The second-order valence-electron chi connectivity index (χ2n) is 11.7. The second-order valence-corrected chi connectivity index (χ2v) is 11.7. The van der Waals surface area contributed by atoms with E-state index in [1.807, 2.05) is 0 Å². The number of nitrogens with zero attached hydrogens (tertiary/aromatic N) is 4. The average Bonchev–Trinajstić information content (AvgIpc) is 3.76. The number of hydrogen-bond acceptors (Lipinski definition) is 14. The number of benzene rings is 2. The Balaban J connectivity index is 1.48. The van der Waals surface area contributed by atoms with Crippen LogP contribution in [0.1, 0.15) is 46.9 Å². The number of carbonyl (C=O) groups excluding carboxylic acids is 4. The monoisotopic (exact) mass is 726 g/mol. The van der Waals surface area contributed by atoms with Gasteiger partial charge in [0, 0.05) is 44.5 Å². The Kier molecular flexibility index (Phi) is 12.4. The Morgan fingerprint density at radius 1 is 0.750 bits per heavy atom. The van der Waals surface area contributed by atoms with E-state index < -0.39 is 57.1 Å². The maximum atomic E-state index is 13.6. The molecule has 2 amide bonds. The number of rotatable bonds is 14. The molecule has 2 aliphatic heterocycles. The Morgan fingerprint density at radius 2 is 1.19 bits per heavy atom. The summed E-state index contributed by atoms with van der Waals surface area (Å²) in [4.78, 5) is 76.7. The van der Waals surface area contributed by atoms with Crippen LogP contribution in [0.5, 0.6) is 23.0 Å². The number of nitro groups is 2. The normalized spacial score (nSPS) is 17.5. The van der Waals surface area contributed by atoms with E-state index in [0.717, 1.165) is 28.7 Å². The minimum absolute atomic E-state index is 0.00838. The summed E-state index contributed by atoms with van der Waals surface area (Å²) in [7, 11) is 4.94. The number of ether oxygens (including phenoxy) is 6. The third-order valence-corrected chi connectivity index (χ3v) is 8.56. The maximum Gasteiger partial charge on any atom is 0.328 e. The first-order chi connectivity index (χ1) is 24.8. The molecule has 0 N–H and O–H groups in total. The fourth-order valence-corrected chi connectivity index (χ4v) is 5.90. The molecule has 52 heavy (non-hydrogen) atoms. The van der Waals surface area contributed by atoms with Crippen LogP contribution in [-0.4, -0.2) is 110 Å². The van der Waals surface area contributed by atoms with Gasteiger partial charge in [0.2, 0.25) is 0 Å². The van der Waals surface area contributed by atoms with Crippen molar-refractivity contribution in [3.05, 3.63) is 79.4 Å². The number of amides is 2. The molecule has 0 bridgehead atoms. The number of methoxy groups -OCH3 is 4. The van der Waals surface area contributed by atoms with Gasteiger partial charge >= 0.3 is 11.9 Å². The highest BCUT2D eigenvalue weighted by Gasteiger charge is 2.41. The van der Waals surface area contributed by atoms with Gasteiger partial charge in [0.1, 0.15) is 23.2 Å². The highest BCUT2D eigenvalue weighted by molar-refractivity contribution is 6.02. The second kappa shape index (κ2) is 16.7. The van der Waals surface area contributed by atoms with Crippen molar-refractivity contribution < 1.29 is 57.4 Å². The lowest BCUT2D eigenvalue weighted by molar-refractivity contribution is -0.385. The van der Waals surface area contributed by atoms with E-state index in [-0.39, 0.29) is 79.7 Å². The molecule has 2 aliphatic rings. The van der Waals surface area contributed by atoms with Crippen LogP contribution in [0.2, 0.25) is 0 Å². The minimum atomic E-state index is -0.987. The van der Waals surface area contributed by atoms with Gasteiger partial charge in [0.15, 0.2) is 23.0 Å². The van der Waals surface area contributed by atoms with Gasteiger partial charge in [0.05, 0.1) is 63.6 Å². The zero-order valence-corrected chi connectivity index (χ0v) is 29.2. The van der Waals surface area contributed by atoms with Crippen LogP contribution in [0.15, 0.2) is 48.1 Å². The summed E-state index contributed by atoms with van der Waals surface area (Å²) >= 11 is 0. The van der Waals surface area contributed by atoms with Crippen LogP contribution in [0.25, 0.3) is 0 Å². The molecule has 0 radical (unpaired) electrons. The summed E-state index contributed by atoms with van der Waals surface area (Å²) in [5.74, 6) is -2.96. The van der Waals surface area contributed by atoms with Crippen LogP contribution in [0.3, 0.4) is 0 Å². The van der Waals surface area contributed by atoms with Crippen LogP contribution < -0.4 is 18.9 Å². The largest absolute Gasteiger partial charge is 0.493 e. The van der Waals surface area contributed by atoms with E-state index in [1.54, 1.807) is 13.0 Å². The van der Waals surface area contributed by atoms with Gasteiger partial charge in [-0.2, -0.15) is 0 Å². The predicted molar refractivity (Wildman–Crippen MR) is 181 cm³/mol. The molecule has 2 fully saturated rings. The molecule has 0 unspecified atom stereocenters. The summed E-state index contributed by atoms with van der Waals surface area (Å²) in [6.07, 6.45) is 2.31. The predicted octanol–water partition coefficient (Wildman–Crippen LogP) is 3.65. The summed E-state index contributed by atoms with van der Waals surface area (Å²) < 4.78 is 31.8. The Hall–Kier alpha value is -6.20. The minimum Gasteiger partial charge on any atom is -0.493 e. The molecule has 0 aromatic heterocycles. The molecule has 18 nitrogen and oxygen atoms in total. The number of hydrogen-bond donors (Lipinski definition) is 0. The van der Waals surface area contributed by atoms with E-state index in [9.17, 15) is 39.4 Å². The molecular weight excluding hydrogens is 688 g/mol.